The smallest absolute Gasteiger partial charge is 0.276 e. The van der Waals surface area contributed by atoms with Gasteiger partial charge < -0.3 is 14.9 Å². The number of rotatable bonds is 4. The van der Waals surface area contributed by atoms with Crippen LogP contribution in [-0.4, -0.2) is 44.9 Å². The Balaban J connectivity index is 1.68. The lowest BCUT2D eigenvalue weighted by Gasteiger charge is -2.09. The molecule has 0 radical (unpaired) electrons. The quantitative estimate of drug-likeness (QED) is 0.775. The van der Waals surface area contributed by atoms with Gasteiger partial charge in [0.2, 0.25) is 0 Å². The first-order valence-electron chi connectivity index (χ1n) is 6.28. The van der Waals surface area contributed by atoms with Gasteiger partial charge in [-0.3, -0.25) is 10.1 Å². The molecule has 112 valence electrons. The van der Waals surface area contributed by atoms with Crippen molar-refractivity contribution < 1.29 is 19.7 Å². The first-order chi connectivity index (χ1) is 10.2. The molecular formula is C12H13N3O4S2. The van der Waals surface area contributed by atoms with Gasteiger partial charge in [0.15, 0.2) is 5.13 Å². The second kappa shape index (κ2) is 6.16. The van der Waals surface area contributed by atoms with Crippen molar-refractivity contribution in [1.82, 2.24) is 9.97 Å². The number of hydrogen-bond donors (Lipinski definition) is 3. The molecule has 0 bridgehead atoms. The molecule has 3 heterocycles. The molecule has 21 heavy (non-hydrogen) atoms. The molecule has 1 aliphatic rings. The predicted molar refractivity (Wildman–Crippen MR) is 77.5 cm³/mol. The summed E-state index contributed by atoms with van der Waals surface area (Å²) in [5.74, 6) is -0.329. The van der Waals surface area contributed by atoms with Gasteiger partial charge in [-0.15, -0.1) is 22.7 Å². The van der Waals surface area contributed by atoms with Gasteiger partial charge in [0.25, 0.3) is 5.91 Å². The number of anilines is 1. The monoisotopic (exact) mass is 327 g/mol. The van der Waals surface area contributed by atoms with Gasteiger partial charge in [-0.25, -0.2) is 9.97 Å². The van der Waals surface area contributed by atoms with E-state index in [1.165, 1.54) is 22.7 Å². The van der Waals surface area contributed by atoms with E-state index < -0.39 is 12.2 Å². The molecule has 3 N–H and O–H groups in total. The number of nitrogens with one attached hydrogen (secondary N) is 1. The summed E-state index contributed by atoms with van der Waals surface area (Å²) in [4.78, 5) is 20.2. The van der Waals surface area contributed by atoms with Crippen LogP contribution in [0.25, 0.3) is 0 Å². The summed E-state index contributed by atoms with van der Waals surface area (Å²) in [6.07, 6.45) is 0.286. The summed E-state index contributed by atoms with van der Waals surface area (Å²) in [6, 6.07) is 0. The lowest BCUT2D eigenvalue weighted by atomic mass is 10.1. The Bertz CT molecular complexity index is 616. The highest BCUT2D eigenvalue weighted by Crippen LogP contribution is 2.34. The SMILES string of the molecule is O=C(Nc1nccs1)c1csc([C@H]2C[C@H](O)[C@@H](CO)O2)n1. The number of hydrogen-bond acceptors (Lipinski definition) is 8. The van der Waals surface area contributed by atoms with E-state index in [2.05, 4.69) is 15.3 Å². The van der Waals surface area contributed by atoms with E-state index in [4.69, 9.17) is 9.84 Å². The Morgan fingerprint density at radius 2 is 2.38 bits per heavy atom. The molecule has 1 aliphatic heterocycles. The van der Waals surface area contributed by atoms with Crippen LogP contribution in [0.4, 0.5) is 5.13 Å². The highest BCUT2D eigenvalue weighted by atomic mass is 32.1. The van der Waals surface area contributed by atoms with Crippen molar-refractivity contribution in [1.29, 1.82) is 0 Å². The van der Waals surface area contributed by atoms with Crippen LogP contribution < -0.4 is 5.32 Å². The highest BCUT2D eigenvalue weighted by Gasteiger charge is 2.36. The van der Waals surface area contributed by atoms with Crippen LogP contribution >= 0.6 is 22.7 Å². The maximum absolute atomic E-state index is 12.0. The van der Waals surface area contributed by atoms with Crippen molar-refractivity contribution in [2.24, 2.45) is 0 Å². The largest absolute Gasteiger partial charge is 0.394 e. The van der Waals surface area contributed by atoms with E-state index in [0.717, 1.165) is 0 Å². The molecule has 7 nitrogen and oxygen atoms in total. The summed E-state index contributed by atoms with van der Waals surface area (Å²) >= 11 is 2.62. The average Bonchev–Trinajstić information content (AvgIpc) is 3.17. The van der Waals surface area contributed by atoms with Gasteiger partial charge >= 0.3 is 0 Å². The van der Waals surface area contributed by atoms with Gasteiger partial charge in [-0.2, -0.15) is 0 Å². The van der Waals surface area contributed by atoms with Crippen molar-refractivity contribution >= 4 is 33.7 Å². The summed E-state index contributed by atoms with van der Waals surface area (Å²) in [7, 11) is 0. The normalized spacial score (nSPS) is 25.1. The number of aliphatic hydroxyl groups excluding tert-OH is 2. The van der Waals surface area contributed by atoms with Gasteiger partial charge in [-0.05, 0) is 0 Å². The minimum atomic E-state index is -0.712. The molecule has 2 aromatic rings. The number of carbonyl (C=O) groups is 1. The molecule has 0 saturated carbocycles. The van der Waals surface area contributed by atoms with Crippen LogP contribution in [0, 0.1) is 0 Å². The molecule has 0 aliphatic carbocycles. The maximum Gasteiger partial charge on any atom is 0.276 e. The molecule has 0 spiro atoms. The van der Waals surface area contributed by atoms with Crippen molar-refractivity contribution in [2.45, 2.75) is 24.7 Å². The van der Waals surface area contributed by atoms with E-state index in [1.807, 2.05) is 0 Å². The maximum atomic E-state index is 12.0. The van der Waals surface area contributed by atoms with E-state index in [1.54, 1.807) is 17.0 Å². The van der Waals surface area contributed by atoms with Gasteiger partial charge in [0.05, 0.1) is 12.7 Å². The molecule has 1 amide bonds. The van der Waals surface area contributed by atoms with Gasteiger partial charge in [0.1, 0.15) is 22.9 Å². The highest BCUT2D eigenvalue weighted by molar-refractivity contribution is 7.13. The summed E-state index contributed by atoms with van der Waals surface area (Å²) in [5, 5.41) is 26.0. The third-order valence-electron chi connectivity index (χ3n) is 3.09. The van der Waals surface area contributed by atoms with Crippen LogP contribution in [0.5, 0.6) is 0 Å². The first-order valence-corrected chi connectivity index (χ1v) is 8.04. The molecule has 1 fully saturated rings. The third-order valence-corrected chi connectivity index (χ3v) is 4.71. The first kappa shape index (κ1) is 14.5. The number of aromatic nitrogens is 2. The van der Waals surface area contributed by atoms with Crippen LogP contribution in [0.2, 0.25) is 0 Å². The fourth-order valence-electron chi connectivity index (χ4n) is 2.04. The van der Waals surface area contributed by atoms with Crippen LogP contribution in [0.15, 0.2) is 17.0 Å². The number of thiazole rings is 2. The Labute approximate surface area is 128 Å². The van der Waals surface area contributed by atoms with E-state index in [9.17, 15) is 9.90 Å². The van der Waals surface area contributed by atoms with Crippen LogP contribution in [-0.2, 0) is 4.74 Å². The lowest BCUT2D eigenvalue weighted by Crippen LogP contribution is -2.24. The second-order valence-electron chi connectivity index (χ2n) is 4.51. The lowest BCUT2D eigenvalue weighted by molar-refractivity contribution is -0.0226. The summed E-state index contributed by atoms with van der Waals surface area (Å²) in [5.41, 5.74) is 0.288. The van der Waals surface area contributed by atoms with Crippen LogP contribution in [0.3, 0.4) is 0 Å². The molecule has 2 aromatic heterocycles. The van der Waals surface area contributed by atoms with Crippen molar-refractivity contribution in [3.8, 4) is 0 Å². The van der Waals surface area contributed by atoms with Gasteiger partial charge in [-0.1, -0.05) is 0 Å². The zero-order valence-corrected chi connectivity index (χ0v) is 12.4. The molecule has 3 rings (SSSR count). The van der Waals surface area contributed by atoms with Crippen molar-refractivity contribution in [2.75, 3.05) is 11.9 Å². The molecule has 3 atom stereocenters. The van der Waals surface area contributed by atoms with E-state index in [0.29, 0.717) is 16.6 Å². The number of carbonyl (C=O) groups excluding carboxylic acids is 1. The fourth-order valence-corrected chi connectivity index (χ4v) is 3.41. The molecule has 1 saturated heterocycles. The topological polar surface area (TPSA) is 105 Å². The second-order valence-corrected chi connectivity index (χ2v) is 6.30. The minimum absolute atomic E-state index is 0.236. The minimum Gasteiger partial charge on any atom is -0.394 e. The summed E-state index contributed by atoms with van der Waals surface area (Å²) < 4.78 is 5.51. The van der Waals surface area contributed by atoms with E-state index in [-0.39, 0.29) is 24.3 Å². The van der Waals surface area contributed by atoms with E-state index >= 15 is 0 Å². The molecular weight excluding hydrogens is 314 g/mol. The van der Waals surface area contributed by atoms with Crippen molar-refractivity contribution in [3.63, 3.8) is 0 Å². The standard InChI is InChI=1S/C12H13N3O4S2/c16-4-9-7(17)3-8(19-9)11-14-6(5-21-11)10(18)15-12-13-1-2-20-12/h1-2,5,7-9,16-17H,3-4H2,(H,13,15,18)/t7-,8+,9+/m0/s1. The molecule has 9 heteroatoms. The number of aliphatic hydroxyl groups is 2. The summed E-state index contributed by atoms with van der Waals surface area (Å²) in [6.45, 7) is -0.236. The zero-order valence-electron chi connectivity index (χ0n) is 10.8. The molecule has 0 unspecified atom stereocenters. The zero-order chi connectivity index (χ0) is 14.8. The number of ether oxygens (including phenoxy) is 1. The average molecular weight is 327 g/mol. The van der Waals surface area contributed by atoms with Crippen LogP contribution in [0.1, 0.15) is 28.0 Å². The molecule has 0 aromatic carbocycles. The fraction of sp³-hybridized carbons (Fsp3) is 0.417. The third kappa shape index (κ3) is 3.11. The Hall–Kier alpha value is -1.39. The predicted octanol–water partition coefficient (Wildman–Crippen LogP) is 1.04. The number of nitrogens with zero attached hydrogens (tertiary/aromatic N) is 2. The van der Waals surface area contributed by atoms with Gasteiger partial charge in [0, 0.05) is 23.4 Å². The Morgan fingerprint density at radius 3 is 3.05 bits per heavy atom. The Kier molecular flexibility index (Phi) is 4.27. The van der Waals surface area contributed by atoms with Crippen molar-refractivity contribution in [3.05, 3.63) is 27.7 Å². The number of amides is 1. The Morgan fingerprint density at radius 1 is 1.52 bits per heavy atom.